The normalized spacial score (nSPS) is 31.1. The van der Waals surface area contributed by atoms with E-state index in [1.165, 1.54) is 38.5 Å². The highest BCUT2D eigenvalue weighted by molar-refractivity contribution is 5.78. The summed E-state index contributed by atoms with van der Waals surface area (Å²) >= 11 is 0. The zero-order valence-corrected chi connectivity index (χ0v) is 9.67. The van der Waals surface area contributed by atoms with Crippen LogP contribution in [0.5, 0.6) is 0 Å². The van der Waals surface area contributed by atoms with E-state index in [1.807, 2.05) is 7.05 Å². The minimum absolute atomic E-state index is 0.300. The standard InChI is InChI=1S/C12H22N2O/c1-13-9-12(15)14-8-4-6-10-5-2-3-7-11(10)14/h10-11,13H,2-9H2,1H3/t10-,11-/m1/s1. The second kappa shape index (κ2) is 4.97. The molecular weight excluding hydrogens is 188 g/mol. The number of hydrogen-bond acceptors (Lipinski definition) is 2. The summed E-state index contributed by atoms with van der Waals surface area (Å²) in [7, 11) is 1.85. The van der Waals surface area contributed by atoms with Gasteiger partial charge in [0, 0.05) is 12.6 Å². The number of rotatable bonds is 2. The number of likely N-dealkylation sites (tertiary alicyclic amines) is 1. The molecule has 1 aliphatic heterocycles. The van der Waals surface area contributed by atoms with Crippen LogP contribution in [0, 0.1) is 5.92 Å². The lowest BCUT2D eigenvalue weighted by Crippen LogP contribution is -2.51. The average Bonchev–Trinajstić information content (AvgIpc) is 2.28. The molecule has 0 radical (unpaired) electrons. The molecule has 0 aromatic heterocycles. The minimum Gasteiger partial charge on any atom is -0.338 e. The third-order valence-electron chi connectivity index (χ3n) is 3.89. The Morgan fingerprint density at radius 1 is 1.27 bits per heavy atom. The minimum atomic E-state index is 0.300. The van der Waals surface area contributed by atoms with Gasteiger partial charge >= 0.3 is 0 Å². The van der Waals surface area contributed by atoms with Gasteiger partial charge in [-0.15, -0.1) is 0 Å². The van der Waals surface area contributed by atoms with Crippen molar-refractivity contribution >= 4 is 5.91 Å². The number of nitrogens with zero attached hydrogens (tertiary/aromatic N) is 1. The monoisotopic (exact) mass is 210 g/mol. The topological polar surface area (TPSA) is 32.3 Å². The third kappa shape index (κ3) is 2.33. The molecule has 0 spiro atoms. The van der Waals surface area contributed by atoms with E-state index in [9.17, 15) is 4.79 Å². The largest absolute Gasteiger partial charge is 0.338 e. The molecule has 1 saturated carbocycles. The van der Waals surface area contributed by atoms with Gasteiger partial charge in [-0.2, -0.15) is 0 Å². The smallest absolute Gasteiger partial charge is 0.236 e. The number of hydrogen-bond donors (Lipinski definition) is 1. The van der Waals surface area contributed by atoms with Crippen LogP contribution in [-0.4, -0.2) is 37.0 Å². The lowest BCUT2D eigenvalue weighted by atomic mass is 9.78. The molecule has 2 rings (SSSR count). The summed E-state index contributed by atoms with van der Waals surface area (Å²) in [4.78, 5) is 14.1. The molecule has 2 fully saturated rings. The number of nitrogens with one attached hydrogen (secondary N) is 1. The number of amides is 1. The van der Waals surface area contributed by atoms with E-state index in [1.54, 1.807) is 0 Å². The van der Waals surface area contributed by atoms with Gasteiger partial charge in [0.05, 0.1) is 6.54 Å². The molecule has 2 aliphatic rings. The maximum atomic E-state index is 11.9. The van der Waals surface area contributed by atoms with Crippen LogP contribution in [0.2, 0.25) is 0 Å². The first-order valence-electron chi connectivity index (χ1n) is 6.27. The number of fused-ring (bicyclic) bond motifs is 1. The Bertz CT molecular complexity index is 228. The lowest BCUT2D eigenvalue weighted by Gasteiger charge is -2.44. The predicted molar refractivity (Wildman–Crippen MR) is 60.6 cm³/mol. The van der Waals surface area contributed by atoms with Gasteiger partial charge in [0.25, 0.3) is 0 Å². The van der Waals surface area contributed by atoms with E-state index in [-0.39, 0.29) is 0 Å². The molecule has 0 aromatic rings. The zero-order valence-electron chi connectivity index (χ0n) is 9.67. The van der Waals surface area contributed by atoms with Crippen molar-refractivity contribution in [3.63, 3.8) is 0 Å². The van der Waals surface area contributed by atoms with Gasteiger partial charge in [-0.25, -0.2) is 0 Å². The fraction of sp³-hybridized carbons (Fsp3) is 0.917. The summed E-state index contributed by atoms with van der Waals surface area (Å²) in [6, 6.07) is 0.563. The zero-order chi connectivity index (χ0) is 10.7. The molecule has 1 saturated heterocycles. The number of piperidine rings is 1. The fourth-order valence-corrected chi connectivity index (χ4v) is 3.19. The van der Waals surface area contributed by atoms with Crippen molar-refractivity contribution in [1.82, 2.24) is 10.2 Å². The summed E-state index contributed by atoms with van der Waals surface area (Å²) in [6.45, 7) is 1.49. The van der Waals surface area contributed by atoms with Gasteiger partial charge in [-0.1, -0.05) is 12.8 Å². The molecule has 3 nitrogen and oxygen atoms in total. The summed E-state index contributed by atoms with van der Waals surface area (Å²) < 4.78 is 0. The van der Waals surface area contributed by atoms with Crippen LogP contribution in [0.1, 0.15) is 38.5 Å². The second-order valence-electron chi connectivity index (χ2n) is 4.87. The van der Waals surface area contributed by atoms with Crippen molar-refractivity contribution in [2.24, 2.45) is 5.92 Å². The van der Waals surface area contributed by atoms with Crippen molar-refractivity contribution in [3.8, 4) is 0 Å². The molecular formula is C12H22N2O. The average molecular weight is 210 g/mol. The van der Waals surface area contributed by atoms with E-state index < -0.39 is 0 Å². The molecule has 15 heavy (non-hydrogen) atoms. The third-order valence-corrected chi connectivity index (χ3v) is 3.89. The maximum Gasteiger partial charge on any atom is 0.236 e. The first-order valence-corrected chi connectivity index (χ1v) is 6.27. The molecule has 2 atom stereocenters. The van der Waals surface area contributed by atoms with Crippen LogP contribution < -0.4 is 5.32 Å². The van der Waals surface area contributed by atoms with Crippen LogP contribution in [0.3, 0.4) is 0 Å². The highest BCUT2D eigenvalue weighted by atomic mass is 16.2. The highest BCUT2D eigenvalue weighted by Crippen LogP contribution is 2.35. The van der Waals surface area contributed by atoms with E-state index in [4.69, 9.17) is 0 Å². The molecule has 0 aromatic carbocycles. The van der Waals surface area contributed by atoms with Gasteiger partial charge < -0.3 is 10.2 Å². The molecule has 0 bridgehead atoms. The van der Waals surface area contributed by atoms with Gasteiger partial charge in [0.2, 0.25) is 5.91 Å². The van der Waals surface area contributed by atoms with Crippen LogP contribution >= 0.6 is 0 Å². The first-order chi connectivity index (χ1) is 7.33. The van der Waals surface area contributed by atoms with Crippen molar-refractivity contribution in [2.75, 3.05) is 20.1 Å². The Balaban J connectivity index is 2.00. The Morgan fingerprint density at radius 2 is 2.00 bits per heavy atom. The van der Waals surface area contributed by atoms with Gasteiger partial charge in [0.1, 0.15) is 0 Å². The number of likely N-dealkylation sites (N-methyl/N-ethyl adjacent to an activating group) is 1. The molecule has 0 unspecified atom stereocenters. The quantitative estimate of drug-likeness (QED) is 0.747. The van der Waals surface area contributed by atoms with E-state index in [0.717, 1.165) is 12.5 Å². The Labute approximate surface area is 92.2 Å². The van der Waals surface area contributed by atoms with Crippen LogP contribution in [0.25, 0.3) is 0 Å². The Morgan fingerprint density at radius 3 is 2.80 bits per heavy atom. The Kier molecular flexibility index (Phi) is 3.62. The molecule has 1 N–H and O–H groups in total. The van der Waals surface area contributed by atoms with Crippen LogP contribution in [0.4, 0.5) is 0 Å². The highest BCUT2D eigenvalue weighted by Gasteiger charge is 2.35. The Hall–Kier alpha value is -0.570. The van der Waals surface area contributed by atoms with E-state index in [2.05, 4.69) is 10.2 Å². The summed E-state index contributed by atoms with van der Waals surface area (Å²) in [5.74, 6) is 1.10. The van der Waals surface area contributed by atoms with Gasteiger partial charge in [0.15, 0.2) is 0 Å². The van der Waals surface area contributed by atoms with E-state index >= 15 is 0 Å². The van der Waals surface area contributed by atoms with Gasteiger partial charge in [-0.05, 0) is 38.6 Å². The SMILES string of the molecule is CNCC(=O)N1CCC[C@H]2CCCC[C@H]21. The number of carbonyl (C=O) groups excluding carboxylic acids is 1. The summed E-state index contributed by atoms with van der Waals surface area (Å²) in [5, 5.41) is 2.97. The lowest BCUT2D eigenvalue weighted by molar-refractivity contribution is -0.136. The molecule has 86 valence electrons. The van der Waals surface area contributed by atoms with Crippen LogP contribution in [0.15, 0.2) is 0 Å². The molecule has 1 aliphatic carbocycles. The van der Waals surface area contributed by atoms with Gasteiger partial charge in [-0.3, -0.25) is 4.79 Å². The van der Waals surface area contributed by atoms with Crippen molar-refractivity contribution in [2.45, 2.75) is 44.6 Å². The van der Waals surface area contributed by atoms with Crippen LogP contribution in [-0.2, 0) is 4.79 Å². The van der Waals surface area contributed by atoms with Crippen molar-refractivity contribution < 1.29 is 4.79 Å². The summed E-state index contributed by atoms with van der Waals surface area (Å²) in [6.07, 6.45) is 7.80. The van der Waals surface area contributed by atoms with Crippen molar-refractivity contribution in [1.29, 1.82) is 0 Å². The maximum absolute atomic E-state index is 11.9. The fourth-order valence-electron chi connectivity index (χ4n) is 3.19. The summed E-state index contributed by atoms with van der Waals surface area (Å²) in [5.41, 5.74) is 0. The molecule has 3 heteroatoms. The first kappa shape index (κ1) is 10.9. The number of carbonyl (C=O) groups is 1. The predicted octanol–water partition coefficient (Wildman–Crippen LogP) is 1.39. The molecule has 1 amide bonds. The molecule has 1 heterocycles. The van der Waals surface area contributed by atoms with Crippen molar-refractivity contribution in [3.05, 3.63) is 0 Å². The second-order valence-corrected chi connectivity index (χ2v) is 4.87. The van der Waals surface area contributed by atoms with E-state index in [0.29, 0.717) is 18.5 Å².